The van der Waals surface area contributed by atoms with Crippen molar-refractivity contribution in [2.24, 2.45) is 0 Å². The Morgan fingerprint density at radius 1 is 1.39 bits per heavy atom. The minimum atomic E-state index is -1.07. The summed E-state index contributed by atoms with van der Waals surface area (Å²) in [6, 6.07) is 0. The molecule has 0 spiro atoms. The van der Waals surface area contributed by atoms with E-state index in [1.165, 1.54) is 0 Å². The summed E-state index contributed by atoms with van der Waals surface area (Å²) in [5.41, 5.74) is 0.586. The van der Waals surface area contributed by atoms with Crippen molar-refractivity contribution in [1.29, 1.82) is 0 Å². The smallest absolute Gasteiger partial charge is 0.358 e. The van der Waals surface area contributed by atoms with Gasteiger partial charge in [0.25, 0.3) is 0 Å². The molecule has 0 saturated heterocycles. The molecule has 7 heteroatoms. The maximum Gasteiger partial charge on any atom is 0.358 e. The van der Waals surface area contributed by atoms with Gasteiger partial charge in [0, 0.05) is 26.7 Å². The van der Waals surface area contributed by atoms with Gasteiger partial charge in [-0.25, -0.2) is 9.48 Å². The molecule has 0 aliphatic rings. The number of hydrogen-bond acceptors (Lipinski definition) is 5. The molecular weight excluding hydrogens is 238 g/mol. The first-order chi connectivity index (χ1) is 8.70. The van der Waals surface area contributed by atoms with Gasteiger partial charge < -0.3 is 14.9 Å². The van der Waals surface area contributed by atoms with Crippen molar-refractivity contribution in [3.63, 3.8) is 0 Å². The van der Waals surface area contributed by atoms with Crippen LogP contribution in [0.4, 0.5) is 0 Å². The number of carboxylic acid groups (broad SMARTS) is 1. The molecule has 0 amide bonds. The number of carbonyl (C=O) groups is 1. The number of unbranched alkanes of at least 4 members (excludes halogenated alkanes) is 2. The van der Waals surface area contributed by atoms with Crippen molar-refractivity contribution in [2.45, 2.75) is 32.2 Å². The first-order valence-electron chi connectivity index (χ1n) is 5.96. The molecule has 0 fully saturated rings. The van der Waals surface area contributed by atoms with E-state index in [0.717, 1.165) is 19.3 Å². The number of aromatic carboxylic acids is 1. The highest BCUT2D eigenvalue weighted by molar-refractivity contribution is 5.86. The Hall–Kier alpha value is -1.47. The number of nitrogens with zero attached hydrogens (tertiary/aromatic N) is 3. The van der Waals surface area contributed by atoms with Crippen LogP contribution in [0.2, 0.25) is 0 Å². The highest BCUT2D eigenvalue weighted by atomic mass is 16.5. The second kappa shape index (κ2) is 7.78. The van der Waals surface area contributed by atoms with Gasteiger partial charge in [-0.1, -0.05) is 5.21 Å². The normalized spacial score (nSPS) is 10.8. The molecule has 102 valence electrons. The van der Waals surface area contributed by atoms with Gasteiger partial charge in [0.15, 0.2) is 5.69 Å². The van der Waals surface area contributed by atoms with E-state index in [-0.39, 0.29) is 12.3 Å². The second-order valence-corrected chi connectivity index (χ2v) is 3.94. The van der Waals surface area contributed by atoms with Crippen LogP contribution < -0.4 is 0 Å². The van der Waals surface area contributed by atoms with Crippen LogP contribution >= 0.6 is 0 Å². The summed E-state index contributed by atoms with van der Waals surface area (Å²) in [6.07, 6.45) is 2.93. The van der Waals surface area contributed by atoms with E-state index < -0.39 is 5.97 Å². The van der Waals surface area contributed by atoms with Gasteiger partial charge in [-0.15, -0.1) is 5.10 Å². The van der Waals surface area contributed by atoms with Crippen LogP contribution in [0, 0.1) is 0 Å². The Kier molecular flexibility index (Phi) is 6.31. The third-order valence-corrected chi connectivity index (χ3v) is 2.61. The topological polar surface area (TPSA) is 97.5 Å². The SMILES string of the molecule is COCCc1c(C(=O)O)nnn1CCCCCO. The monoisotopic (exact) mass is 257 g/mol. The van der Waals surface area contributed by atoms with Gasteiger partial charge in [-0.05, 0) is 19.3 Å². The first-order valence-corrected chi connectivity index (χ1v) is 5.96. The van der Waals surface area contributed by atoms with Crippen molar-refractivity contribution in [3.8, 4) is 0 Å². The number of aryl methyl sites for hydroxylation is 1. The predicted molar refractivity (Wildman–Crippen MR) is 63.5 cm³/mol. The van der Waals surface area contributed by atoms with Crippen LogP contribution in [0.25, 0.3) is 0 Å². The fourth-order valence-electron chi connectivity index (χ4n) is 1.67. The molecule has 0 aromatic carbocycles. The van der Waals surface area contributed by atoms with E-state index in [1.807, 2.05) is 0 Å². The van der Waals surface area contributed by atoms with Gasteiger partial charge in [-0.2, -0.15) is 0 Å². The average molecular weight is 257 g/mol. The lowest BCUT2D eigenvalue weighted by Gasteiger charge is -2.06. The van der Waals surface area contributed by atoms with Gasteiger partial charge in [-0.3, -0.25) is 0 Å². The van der Waals surface area contributed by atoms with Crippen molar-refractivity contribution < 1.29 is 19.7 Å². The third-order valence-electron chi connectivity index (χ3n) is 2.61. The number of aromatic nitrogens is 3. The van der Waals surface area contributed by atoms with Gasteiger partial charge in [0.2, 0.25) is 0 Å². The molecule has 1 heterocycles. The second-order valence-electron chi connectivity index (χ2n) is 3.94. The molecular formula is C11H19N3O4. The zero-order valence-corrected chi connectivity index (χ0v) is 10.5. The summed E-state index contributed by atoms with van der Waals surface area (Å²) in [7, 11) is 1.57. The molecule has 0 saturated carbocycles. The maximum absolute atomic E-state index is 11.0. The van der Waals surface area contributed by atoms with Crippen LogP contribution in [-0.4, -0.2) is 51.5 Å². The van der Waals surface area contributed by atoms with E-state index in [9.17, 15) is 4.79 Å². The molecule has 1 aromatic rings. The standard InChI is InChI=1S/C11H19N3O4/c1-18-8-5-9-10(11(16)17)12-13-14(9)6-3-2-4-7-15/h15H,2-8H2,1H3,(H,16,17). The van der Waals surface area contributed by atoms with Gasteiger partial charge in [0.1, 0.15) is 0 Å². The van der Waals surface area contributed by atoms with Gasteiger partial charge >= 0.3 is 5.97 Å². The Labute approximate surface area is 105 Å². The van der Waals surface area contributed by atoms with Crippen molar-refractivity contribution in [1.82, 2.24) is 15.0 Å². The minimum Gasteiger partial charge on any atom is -0.476 e. The predicted octanol–water partition coefficient (Wildman–Crippen LogP) is 0.328. The lowest BCUT2D eigenvalue weighted by molar-refractivity contribution is 0.0688. The number of aliphatic hydroxyl groups is 1. The van der Waals surface area contributed by atoms with Crippen LogP contribution in [0.5, 0.6) is 0 Å². The molecule has 0 aliphatic carbocycles. The first kappa shape index (κ1) is 14.6. The van der Waals surface area contributed by atoms with E-state index in [0.29, 0.717) is 25.3 Å². The highest BCUT2D eigenvalue weighted by Crippen LogP contribution is 2.09. The summed E-state index contributed by atoms with van der Waals surface area (Å²) in [4.78, 5) is 11.0. The number of methoxy groups -OCH3 is 1. The Bertz CT molecular complexity index is 378. The number of carboxylic acids is 1. The van der Waals surface area contributed by atoms with Crippen LogP contribution in [0.3, 0.4) is 0 Å². The highest BCUT2D eigenvalue weighted by Gasteiger charge is 2.18. The quantitative estimate of drug-likeness (QED) is 0.619. The molecule has 0 bridgehead atoms. The summed E-state index contributed by atoms with van der Waals surface area (Å²) in [5.74, 6) is -1.07. The molecule has 0 radical (unpaired) electrons. The summed E-state index contributed by atoms with van der Waals surface area (Å²) in [6.45, 7) is 1.22. The molecule has 1 aromatic heterocycles. The van der Waals surface area contributed by atoms with E-state index in [4.69, 9.17) is 14.9 Å². The van der Waals surface area contributed by atoms with Crippen molar-refractivity contribution in [2.75, 3.05) is 20.3 Å². The number of aliphatic hydroxyl groups excluding tert-OH is 1. The van der Waals surface area contributed by atoms with E-state index in [2.05, 4.69) is 10.3 Å². The minimum absolute atomic E-state index is 0.00536. The third kappa shape index (κ3) is 4.08. The zero-order valence-electron chi connectivity index (χ0n) is 10.5. The Morgan fingerprint density at radius 3 is 2.78 bits per heavy atom. The zero-order chi connectivity index (χ0) is 13.4. The molecule has 18 heavy (non-hydrogen) atoms. The van der Waals surface area contributed by atoms with Crippen molar-refractivity contribution in [3.05, 3.63) is 11.4 Å². The van der Waals surface area contributed by atoms with Crippen molar-refractivity contribution >= 4 is 5.97 Å². The van der Waals surface area contributed by atoms with Crippen LogP contribution in [0.15, 0.2) is 0 Å². The Morgan fingerprint density at radius 2 is 2.17 bits per heavy atom. The van der Waals surface area contributed by atoms with Gasteiger partial charge in [0.05, 0.1) is 12.3 Å². The van der Waals surface area contributed by atoms with E-state index in [1.54, 1.807) is 11.8 Å². The number of ether oxygens (including phenoxy) is 1. The number of hydrogen-bond donors (Lipinski definition) is 2. The van der Waals surface area contributed by atoms with Crippen LogP contribution in [-0.2, 0) is 17.7 Å². The fourth-order valence-corrected chi connectivity index (χ4v) is 1.67. The number of rotatable bonds is 9. The lowest BCUT2D eigenvalue weighted by Crippen LogP contribution is -2.11. The largest absolute Gasteiger partial charge is 0.476 e. The molecule has 2 N–H and O–H groups in total. The maximum atomic E-state index is 11.0. The molecule has 0 atom stereocenters. The Balaban J connectivity index is 2.67. The molecule has 1 rings (SSSR count). The molecule has 7 nitrogen and oxygen atoms in total. The average Bonchev–Trinajstić information content (AvgIpc) is 2.75. The summed E-state index contributed by atoms with van der Waals surface area (Å²) < 4.78 is 6.56. The van der Waals surface area contributed by atoms with E-state index >= 15 is 0 Å². The molecule has 0 unspecified atom stereocenters. The molecule has 0 aliphatic heterocycles. The summed E-state index contributed by atoms with van der Waals surface area (Å²) >= 11 is 0. The fraction of sp³-hybridized carbons (Fsp3) is 0.727. The lowest BCUT2D eigenvalue weighted by atomic mass is 10.2. The van der Waals surface area contributed by atoms with Crippen LogP contribution in [0.1, 0.15) is 35.4 Å². The summed E-state index contributed by atoms with van der Waals surface area (Å²) in [5, 5.41) is 25.2.